The highest BCUT2D eigenvalue weighted by Crippen LogP contribution is 2.38. The monoisotopic (exact) mass is 634 g/mol. The summed E-state index contributed by atoms with van der Waals surface area (Å²) in [5.41, 5.74) is -0.607. The molecule has 0 bridgehead atoms. The van der Waals surface area contributed by atoms with Crippen LogP contribution in [-0.4, -0.2) is 29.9 Å². The van der Waals surface area contributed by atoms with Gasteiger partial charge in [-0.05, 0) is 63.2 Å². The maximum absolute atomic E-state index is 15.3. The van der Waals surface area contributed by atoms with E-state index in [2.05, 4.69) is 4.72 Å². The summed E-state index contributed by atoms with van der Waals surface area (Å²) in [5, 5.41) is 0. The number of aryl methyl sites for hydroxylation is 2. The van der Waals surface area contributed by atoms with Crippen molar-refractivity contribution in [2.75, 3.05) is 16.6 Å². The fraction of sp³-hybridized carbons (Fsp3) is 0.138. The van der Waals surface area contributed by atoms with E-state index >= 15 is 13.2 Å². The standard InChI is InChI=1S/C29H25F3N2O7S2/c1-16-5-10-20(11-6-16)42(36,37)33-23-14-9-19(15-22(23)29(35)40-4)41-28-24(30)18(3)27(25(31)26(28)32)34-43(38,39)21-12-7-17(2)8-13-21/h5-15,33-34H,1-4H3. The van der Waals surface area contributed by atoms with Gasteiger partial charge in [-0.25, -0.2) is 30.4 Å². The summed E-state index contributed by atoms with van der Waals surface area (Å²) < 4.78 is 111. The molecule has 0 saturated heterocycles. The van der Waals surface area contributed by atoms with E-state index in [1.807, 2.05) is 4.72 Å². The van der Waals surface area contributed by atoms with Gasteiger partial charge in [-0.3, -0.25) is 9.44 Å². The largest absolute Gasteiger partial charge is 0.465 e. The lowest BCUT2D eigenvalue weighted by molar-refractivity contribution is 0.0601. The van der Waals surface area contributed by atoms with Crippen LogP contribution in [-0.2, 0) is 24.8 Å². The minimum absolute atomic E-state index is 0.0950. The van der Waals surface area contributed by atoms with E-state index in [0.29, 0.717) is 0 Å². The molecule has 226 valence electrons. The molecule has 4 aromatic carbocycles. The molecular formula is C29H25F3N2O7S2. The van der Waals surface area contributed by atoms with Crippen LogP contribution in [0, 0.1) is 38.2 Å². The van der Waals surface area contributed by atoms with Crippen LogP contribution in [0.5, 0.6) is 11.5 Å². The number of ether oxygens (including phenoxy) is 2. The van der Waals surface area contributed by atoms with Crippen molar-refractivity contribution in [2.24, 2.45) is 0 Å². The Balaban J connectivity index is 1.69. The second-order valence-corrected chi connectivity index (χ2v) is 12.8. The molecule has 0 saturated carbocycles. The second-order valence-electron chi connectivity index (χ2n) is 9.41. The Hall–Kier alpha value is -4.56. The van der Waals surface area contributed by atoms with Gasteiger partial charge >= 0.3 is 5.97 Å². The van der Waals surface area contributed by atoms with Crippen molar-refractivity contribution in [3.63, 3.8) is 0 Å². The molecule has 43 heavy (non-hydrogen) atoms. The lowest BCUT2D eigenvalue weighted by Crippen LogP contribution is -2.17. The summed E-state index contributed by atoms with van der Waals surface area (Å²) in [4.78, 5) is 12.1. The Morgan fingerprint density at radius 2 is 1.21 bits per heavy atom. The molecule has 0 aliphatic carbocycles. The Labute approximate surface area is 246 Å². The van der Waals surface area contributed by atoms with Crippen LogP contribution in [0.25, 0.3) is 0 Å². The highest BCUT2D eigenvalue weighted by atomic mass is 32.2. The molecule has 4 rings (SSSR count). The zero-order chi connectivity index (χ0) is 31.7. The summed E-state index contributed by atoms with van der Waals surface area (Å²) in [6, 6.07) is 14.5. The Morgan fingerprint density at radius 1 is 0.698 bits per heavy atom. The van der Waals surface area contributed by atoms with Crippen LogP contribution < -0.4 is 14.2 Å². The quantitative estimate of drug-likeness (QED) is 0.166. The van der Waals surface area contributed by atoms with Gasteiger partial charge in [0.2, 0.25) is 11.6 Å². The van der Waals surface area contributed by atoms with Gasteiger partial charge in [0.15, 0.2) is 11.6 Å². The fourth-order valence-electron chi connectivity index (χ4n) is 3.87. The SMILES string of the molecule is COC(=O)c1cc(Oc2c(F)c(C)c(NS(=O)(=O)c3ccc(C)cc3)c(F)c2F)ccc1NS(=O)(=O)c1ccc(C)cc1. The van der Waals surface area contributed by atoms with Gasteiger partial charge < -0.3 is 9.47 Å². The van der Waals surface area contributed by atoms with Gasteiger partial charge in [0.05, 0.1) is 33.8 Å². The summed E-state index contributed by atoms with van der Waals surface area (Å²) in [6.45, 7) is 4.51. The lowest BCUT2D eigenvalue weighted by Gasteiger charge is -2.17. The molecule has 9 nitrogen and oxygen atoms in total. The number of hydrogen-bond acceptors (Lipinski definition) is 7. The van der Waals surface area contributed by atoms with Crippen molar-refractivity contribution in [1.82, 2.24) is 0 Å². The molecule has 0 aliphatic heterocycles. The average molecular weight is 635 g/mol. The number of benzene rings is 4. The number of esters is 1. The van der Waals surface area contributed by atoms with Gasteiger partial charge in [0.25, 0.3) is 20.0 Å². The highest BCUT2D eigenvalue weighted by Gasteiger charge is 2.28. The first-order valence-electron chi connectivity index (χ1n) is 12.4. The Morgan fingerprint density at radius 3 is 1.72 bits per heavy atom. The van der Waals surface area contributed by atoms with Crippen molar-refractivity contribution >= 4 is 37.4 Å². The van der Waals surface area contributed by atoms with Crippen molar-refractivity contribution in [3.05, 3.63) is 106 Å². The molecular weight excluding hydrogens is 609 g/mol. The van der Waals surface area contributed by atoms with E-state index in [-0.39, 0.29) is 26.8 Å². The number of rotatable bonds is 9. The second kappa shape index (κ2) is 12.0. The summed E-state index contributed by atoms with van der Waals surface area (Å²) >= 11 is 0. The summed E-state index contributed by atoms with van der Waals surface area (Å²) in [7, 11) is -7.54. The van der Waals surface area contributed by atoms with Gasteiger partial charge in [-0.1, -0.05) is 35.4 Å². The number of carbonyl (C=O) groups excluding carboxylic acids is 1. The maximum atomic E-state index is 15.3. The smallest absolute Gasteiger partial charge is 0.340 e. The molecule has 0 aromatic heterocycles. The van der Waals surface area contributed by atoms with E-state index in [1.54, 1.807) is 26.0 Å². The topological polar surface area (TPSA) is 128 Å². The molecule has 0 unspecified atom stereocenters. The van der Waals surface area contributed by atoms with Crippen molar-refractivity contribution in [3.8, 4) is 11.5 Å². The first-order chi connectivity index (χ1) is 20.1. The zero-order valence-corrected chi connectivity index (χ0v) is 24.8. The molecule has 0 aliphatic rings. The minimum atomic E-state index is -4.41. The fourth-order valence-corrected chi connectivity index (χ4v) is 6.07. The molecule has 2 N–H and O–H groups in total. The zero-order valence-electron chi connectivity index (χ0n) is 23.2. The third-order valence-corrected chi connectivity index (χ3v) is 9.02. The number of anilines is 2. The van der Waals surface area contributed by atoms with E-state index in [0.717, 1.165) is 43.4 Å². The van der Waals surface area contributed by atoms with Crippen LogP contribution in [0.4, 0.5) is 24.5 Å². The molecule has 0 fully saturated rings. The summed E-state index contributed by atoms with van der Waals surface area (Å²) in [6.07, 6.45) is 0. The number of carbonyl (C=O) groups is 1. The number of nitrogens with one attached hydrogen (secondary N) is 2. The molecule has 0 heterocycles. The molecule has 4 aromatic rings. The van der Waals surface area contributed by atoms with Crippen molar-refractivity contribution < 1.29 is 44.3 Å². The van der Waals surface area contributed by atoms with Crippen LogP contribution in [0.1, 0.15) is 27.0 Å². The molecule has 0 spiro atoms. The minimum Gasteiger partial charge on any atom is -0.465 e. The molecule has 0 atom stereocenters. The van der Waals surface area contributed by atoms with Gasteiger partial charge in [-0.2, -0.15) is 4.39 Å². The van der Waals surface area contributed by atoms with Crippen LogP contribution in [0.3, 0.4) is 0 Å². The van der Waals surface area contributed by atoms with Crippen molar-refractivity contribution in [2.45, 2.75) is 30.6 Å². The Kier molecular flexibility index (Phi) is 8.74. The summed E-state index contributed by atoms with van der Waals surface area (Å²) in [5.74, 6) is -7.64. The van der Waals surface area contributed by atoms with Gasteiger partial charge in [-0.15, -0.1) is 0 Å². The maximum Gasteiger partial charge on any atom is 0.340 e. The third-order valence-electron chi connectivity index (χ3n) is 6.27. The van der Waals surface area contributed by atoms with Crippen molar-refractivity contribution in [1.29, 1.82) is 0 Å². The Bertz CT molecular complexity index is 1900. The number of halogens is 3. The molecule has 0 radical (unpaired) electrons. The predicted octanol–water partition coefficient (Wildman–Crippen LogP) is 6.21. The first-order valence-corrected chi connectivity index (χ1v) is 15.4. The number of hydrogen-bond donors (Lipinski definition) is 2. The van der Waals surface area contributed by atoms with Crippen LogP contribution in [0.15, 0.2) is 76.5 Å². The number of methoxy groups -OCH3 is 1. The highest BCUT2D eigenvalue weighted by molar-refractivity contribution is 7.93. The predicted molar refractivity (Wildman–Crippen MR) is 153 cm³/mol. The van der Waals surface area contributed by atoms with E-state index in [9.17, 15) is 21.6 Å². The van der Waals surface area contributed by atoms with E-state index in [1.165, 1.54) is 36.4 Å². The first kappa shape index (κ1) is 31.4. The molecule has 14 heteroatoms. The van der Waals surface area contributed by atoms with E-state index < -0.39 is 60.5 Å². The van der Waals surface area contributed by atoms with Gasteiger partial charge in [0, 0.05) is 5.56 Å². The normalized spacial score (nSPS) is 11.6. The molecule has 0 amide bonds. The number of sulfonamides is 2. The van der Waals surface area contributed by atoms with E-state index in [4.69, 9.17) is 9.47 Å². The third kappa shape index (κ3) is 6.60. The van der Waals surface area contributed by atoms with Gasteiger partial charge in [0.1, 0.15) is 5.75 Å². The lowest BCUT2D eigenvalue weighted by atomic mass is 10.1. The van der Waals surface area contributed by atoms with Crippen LogP contribution in [0.2, 0.25) is 0 Å². The average Bonchev–Trinajstić information content (AvgIpc) is 2.97. The van der Waals surface area contributed by atoms with Crippen LogP contribution >= 0.6 is 0 Å².